The molecule has 0 saturated carbocycles. The predicted octanol–water partition coefficient (Wildman–Crippen LogP) is 3.99. The van der Waals surface area contributed by atoms with Crippen LogP contribution in [0.4, 0.5) is 11.4 Å². The Hall–Kier alpha value is -3.87. The molecule has 3 rings (SSSR count). The van der Waals surface area contributed by atoms with Crippen LogP contribution in [-0.4, -0.2) is 30.5 Å². The van der Waals surface area contributed by atoms with Gasteiger partial charge in [0.25, 0.3) is 11.8 Å². The number of rotatable bonds is 7. The first-order chi connectivity index (χ1) is 14.1. The van der Waals surface area contributed by atoms with Crippen LogP contribution >= 0.6 is 0 Å². The van der Waals surface area contributed by atoms with Gasteiger partial charge in [0.2, 0.25) is 0 Å². The minimum absolute atomic E-state index is 0.132. The minimum atomic E-state index is -0.422. The molecule has 0 fully saturated rings. The zero-order chi connectivity index (χ0) is 20.6. The van der Waals surface area contributed by atoms with E-state index in [4.69, 9.17) is 9.47 Å². The van der Waals surface area contributed by atoms with Gasteiger partial charge in [0.1, 0.15) is 22.9 Å². The van der Waals surface area contributed by atoms with E-state index < -0.39 is 11.8 Å². The summed E-state index contributed by atoms with van der Waals surface area (Å²) in [7, 11) is 1.55. The van der Waals surface area contributed by atoms with Gasteiger partial charge in [-0.3, -0.25) is 9.59 Å². The molecule has 1 heterocycles. The van der Waals surface area contributed by atoms with Crippen molar-refractivity contribution in [3.63, 3.8) is 0 Å². The lowest BCUT2D eigenvalue weighted by Crippen LogP contribution is -2.18. The van der Waals surface area contributed by atoms with Crippen LogP contribution in [0.1, 0.15) is 27.9 Å². The maximum Gasteiger partial charge on any atom is 0.274 e. The fourth-order valence-corrected chi connectivity index (χ4v) is 2.58. The normalized spacial score (nSPS) is 10.1. The maximum atomic E-state index is 12.5. The van der Waals surface area contributed by atoms with E-state index in [2.05, 4.69) is 15.6 Å². The van der Waals surface area contributed by atoms with E-state index in [9.17, 15) is 9.59 Å². The molecular weight excluding hydrogens is 370 g/mol. The lowest BCUT2D eigenvalue weighted by atomic mass is 10.2. The summed E-state index contributed by atoms with van der Waals surface area (Å²) in [4.78, 5) is 29.1. The van der Waals surface area contributed by atoms with E-state index in [1.54, 1.807) is 73.8 Å². The molecule has 7 heteroatoms. The Morgan fingerprint density at radius 2 is 1.45 bits per heavy atom. The van der Waals surface area contributed by atoms with Gasteiger partial charge in [0, 0.05) is 17.4 Å². The highest BCUT2D eigenvalue weighted by Crippen LogP contribution is 2.18. The van der Waals surface area contributed by atoms with Gasteiger partial charge in [-0.25, -0.2) is 4.98 Å². The minimum Gasteiger partial charge on any atom is -0.497 e. The molecule has 0 spiro atoms. The third-order valence-corrected chi connectivity index (χ3v) is 3.97. The van der Waals surface area contributed by atoms with E-state index in [1.807, 2.05) is 6.92 Å². The van der Waals surface area contributed by atoms with Gasteiger partial charge in [0.15, 0.2) is 0 Å². The van der Waals surface area contributed by atoms with Gasteiger partial charge in [0.05, 0.1) is 13.7 Å². The second kappa shape index (κ2) is 9.36. The number of hydrogen-bond donors (Lipinski definition) is 2. The van der Waals surface area contributed by atoms with Crippen LogP contribution in [0, 0.1) is 0 Å². The molecule has 7 nitrogen and oxygen atoms in total. The zero-order valence-corrected chi connectivity index (χ0v) is 16.1. The van der Waals surface area contributed by atoms with Crippen molar-refractivity contribution in [2.45, 2.75) is 6.92 Å². The molecular formula is C22H21N3O4. The quantitative estimate of drug-likeness (QED) is 0.636. The topological polar surface area (TPSA) is 89.5 Å². The number of amides is 2. The fraction of sp³-hybridized carbons (Fsp3) is 0.136. The summed E-state index contributed by atoms with van der Waals surface area (Å²) in [6.07, 6.45) is 0. The van der Waals surface area contributed by atoms with Crippen molar-refractivity contribution >= 4 is 23.2 Å². The molecule has 0 aliphatic carbocycles. The monoisotopic (exact) mass is 391 g/mol. The Balaban J connectivity index is 1.69. The van der Waals surface area contributed by atoms with Crippen LogP contribution in [0.5, 0.6) is 11.5 Å². The number of anilines is 2. The molecule has 148 valence electrons. The molecule has 2 N–H and O–H groups in total. The number of hydrogen-bond acceptors (Lipinski definition) is 5. The first kappa shape index (κ1) is 19.9. The molecule has 2 amide bonds. The summed E-state index contributed by atoms with van der Waals surface area (Å²) >= 11 is 0. The molecule has 29 heavy (non-hydrogen) atoms. The Bertz CT molecular complexity index is 1000. The average molecular weight is 391 g/mol. The number of carbonyl (C=O) groups is 2. The molecule has 0 aliphatic heterocycles. The van der Waals surface area contributed by atoms with Crippen molar-refractivity contribution < 1.29 is 19.1 Å². The molecule has 3 aromatic rings. The first-order valence-corrected chi connectivity index (χ1v) is 9.05. The molecule has 0 aliphatic rings. The molecule has 0 saturated heterocycles. The molecule has 0 bridgehead atoms. The molecule has 2 aromatic carbocycles. The second-order valence-electron chi connectivity index (χ2n) is 6.01. The van der Waals surface area contributed by atoms with Crippen LogP contribution < -0.4 is 20.1 Å². The molecule has 1 aromatic heterocycles. The van der Waals surface area contributed by atoms with Crippen molar-refractivity contribution in [1.29, 1.82) is 0 Å². The number of methoxy groups -OCH3 is 1. The Kier molecular flexibility index (Phi) is 6.42. The fourth-order valence-electron chi connectivity index (χ4n) is 2.58. The van der Waals surface area contributed by atoms with Crippen molar-refractivity contribution in [3.05, 3.63) is 78.1 Å². The van der Waals surface area contributed by atoms with E-state index >= 15 is 0 Å². The van der Waals surface area contributed by atoms with E-state index in [0.29, 0.717) is 23.7 Å². The lowest BCUT2D eigenvalue weighted by Gasteiger charge is -2.09. The Morgan fingerprint density at radius 1 is 0.828 bits per heavy atom. The van der Waals surface area contributed by atoms with Gasteiger partial charge in [-0.05, 0) is 55.5 Å². The van der Waals surface area contributed by atoms with E-state index in [-0.39, 0.29) is 11.4 Å². The first-order valence-electron chi connectivity index (χ1n) is 9.05. The highest BCUT2D eigenvalue weighted by atomic mass is 16.5. The summed E-state index contributed by atoms with van der Waals surface area (Å²) < 4.78 is 10.5. The van der Waals surface area contributed by atoms with Crippen molar-refractivity contribution in [3.8, 4) is 11.5 Å². The Labute approximate surface area is 168 Å². The summed E-state index contributed by atoms with van der Waals surface area (Å²) in [6.45, 7) is 2.47. The van der Waals surface area contributed by atoms with Crippen LogP contribution in [0.15, 0.2) is 66.7 Å². The second-order valence-corrected chi connectivity index (χ2v) is 6.01. The summed E-state index contributed by atoms with van der Waals surface area (Å²) in [5.41, 5.74) is 1.44. The summed E-state index contributed by atoms with van der Waals surface area (Å²) in [6, 6.07) is 18.7. The van der Waals surface area contributed by atoms with Gasteiger partial charge < -0.3 is 20.1 Å². The number of aromatic nitrogens is 1. The molecule has 0 unspecified atom stereocenters. The number of pyridine rings is 1. The van der Waals surface area contributed by atoms with Crippen LogP contribution in [0.25, 0.3) is 0 Å². The third kappa shape index (κ3) is 5.32. The number of benzene rings is 2. The molecule has 0 radical (unpaired) electrons. The number of carbonyl (C=O) groups excluding carboxylic acids is 2. The average Bonchev–Trinajstić information content (AvgIpc) is 2.75. The van der Waals surface area contributed by atoms with Gasteiger partial charge in [-0.1, -0.05) is 12.1 Å². The number of ether oxygens (including phenoxy) is 2. The Morgan fingerprint density at radius 3 is 2.07 bits per heavy atom. The number of nitrogens with zero attached hydrogens (tertiary/aromatic N) is 1. The van der Waals surface area contributed by atoms with Crippen LogP contribution in [0.2, 0.25) is 0 Å². The zero-order valence-electron chi connectivity index (χ0n) is 16.1. The highest BCUT2D eigenvalue weighted by molar-refractivity contribution is 6.06. The van der Waals surface area contributed by atoms with Crippen molar-refractivity contribution in [2.75, 3.05) is 24.4 Å². The summed E-state index contributed by atoms with van der Waals surface area (Å²) in [5.74, 6) is 0.512. The lowest BCUT2D eigenvalue weighted by molar-refractivity contribution is 0.101. The van der Waals surface area contributed by atoms with Gasteiger partial charge >= 0.3 is 0 Å². The smallest absolute Gasteiger partial charge is 0.274 e. The largest absolute Gasteiger partial charge is 0.497 e. The SMILES string of the molecule is CCOc1ccc(NC(=O)c2cccc(C(=O)Nc3cccc(OC)c3)n2)cc1. The highest BCUT2D eigenvalue weighted by Gasteiger charge is 2.13. The van der Waals surface area contributed by atoms with E-state index in [0.717, 1.165) is 5.75 Å². The third-order valence-electron chi connectivity index (χ3n) is 3.97. The van der Waals surface area contributed by atoms with Crippen molar-refractivity contribution in [2.24, 2.45) is 0 Å². The van der Waals surface area contributed by atoms with Gasteiger partial charge in [-0.15, -0.1) is 0 Å². The van der Waals surface area contributed by atoms with Crippen molar-refractivity contribution in [1.82, 2.24) is 4.98 Å². The summed E-state index contributed by atoms with van der Waals surface area (Å²) in [5, 5.41) is 5.49. The van der Waals surface area contributed by atoms with Gasteiger partial charge in [-0.2, -0.15) is 0 Å². The number of nitrogens with one attached hydrogen (secondary N) is 2. The van der Waals surface area contributed by atoms with E-state index in [1.165, 1.54) is 0 Å². The molecule has 0 atom stereocenters. The predicted molar refractivity (Wildman–Crippen MR) is 111 cm³/mol. The maximum absolute atomic E-state index is 12.5. The van der Waals surface area contributed by atoms with Crippen LogP contribution in [-0.2, 0) is 0 Å². The van der Waals surface area contributed by atoms with Crippen LogP contribution in [0.3, 0.4) is 0 Å². The standard InChI is InChI=1S/C22H21N3O4/c1-3-29-17-12-10-15(11-13-17)23-21(26)19-8-5-9-20(25-19)22(27)24-16-6-4-7-18(14-16)28-2/h4-14H,3H2,1-2H3,(H,23,26)(H,24,27).